The monoisotopic (exact) mass is 486 g/mol. The van der Waals surface area contributed by atoms with E-state index in [9.17, 15) is 9.13 Å². The molecule has 0 aliphatic carbocycles. The molecule has 0 bridgehead atoms. The van der Waals surface area contributed by atoms with Crippen molar-refractivity contribution < 1.29 is 31.7 Å². The molecule has 0 amide bonds. The summed E-state index contributed by atoms with van der Waals surface area (Å²) in [6.45, 7) is -0.611. The molecule has 0 saturated carbocycles. The zero-order valence-electron chi connectivity index (χ0n) is 12.4. The summed E-state index contributed by atoms with van der Waals surface area (Å²) in [5.74, 6) is 0.0707. The van der Waals surface area contributed by atoms with Gasteiger partial charge in [-0.3, -0.25) is 13.6 Å². The van der Waals surface area contributed by atoms with E-state index in [0.29, 0.717) is 0 Å². The van der Waals surface area contributed by atoms with Gasteiger partial charge in [0.15, 0.2) is 0 Å². The summed E-state index contributed by atoms with van der Waals surface area (Å²) in [5.41, 5.74) is 0.163. The Morgan fingerprint density at radius 1 is 0.750 bits per heavy atom. The molecule has 0 aromatic heterocycles. The molecule has 24 heavy (non-hydrogen) atoms. The van der Waals surface area contributed by atoms with Crippen molar-refractivity contribution in [2.24, 2.45) is 0 Å². The van der Waals surface area contributed by atoms with Crippen LogP contribution in [0.4, 0.5) is 0 Å². The Hall–Kier alpha value is 1.29. The molecule has 0 aliphatic rings. The topological polar surface area (TPSA) is 80.3 Å². The van der Waals surface area contributed by atoms with Crippen LogP contribution in [0.1, 0.15) is 0 Å². The lowest BCUT2D eigenvalue weighted by atomic mass is 10.9. The van der Waals surface area contributed by atoms with Gasteiger partial charge in [-0.2, -0.15) is 0 Å². The quantitative estimate of drug-likeness (QED) is 0.174. The lowest BCUT2D eigenvalue weighted by Crippen LogP contribution is -2.08. The van der Waals surface area contributed by atoms with Crippen LogP contribution in [0.3, 0.4) is 0 Å². The lowest BCUT2D eigenvalue weighted by Gasteiger charge is -2.23. The van der Waals surface area contributed by atoms with Gasteiger partial charge in [-0.1, -0.05) is 11.6 Å². The fourth-order valence-electron chi connectivity index (χ4n) is 1.10. The molecule has 0 spiro atoms. The number of hydrogen-bond donors (Lipinski definition) is 0. The van der Waals surface area contributed by atoms with E-state index in [1.807, 2.05) is 0 Å². The summed E-state index contributed by atoms with van der Waals surface area (Å²) in [4.78, 5) is 0. The molecule has 0 fully saturated rings. The second-order valence-corrected chi connectivity index (χ2v) is 8.85. The fourth-order valence-corrected chi connectivity index (χ4v) is 5.21. The highest BCUT2D eigenvalue weighted by atomic mass is 35.5. The summed E-state index contributed by atoms with van der Waals surface area (Å²) >= 11 is 27.6. The van der Waals surface area contributed by atoms with Crippen LogP contribution in [-0.2, 0) is 31.7 Å². The third-order valence-electron chi connectivity index (χ3n) is 1.90. The smallest absolute Gasteiger partial charge is 0.394 e. The molecular weight excluding hydrogens is 471 g/mol. The van der Waals surface area contributed by atoms with Gasteiger partial charge in [0, 0.05) is 23.5 Å². The van der Waals surface area contributed by atoms with Gasteiger partial charge in [-0.05, 0) is 0 Å². The first kappa shape index (κ1) is 25.3. The molecule has 0 aliphatic heterocycles. The number of phosphoric ester groups is 1. The summed E-state index contributed by atoms with van der Waals surface area (Å²) in [7, 11) is -8.29. The number of hydrogen-bond acceptors (Lipinski definition) is 7. The maximum Gasteiger partial charge on any atom is 0.530 e. The minimum absolute atomic E-state index is 0.0145. The number of rotatable bonds is 15. The van der Waals surface area contributed by atoms with Crippen molar-refractivity contribution in [1.29, 1.82) is 0 Å². The van der Waals surface area contributed by atoms with Crippen LogP contribution in [0.5, 0.6) is 0 Å². The van der Waals surface area contributed by atoms with Crippen molar-refractivity contribution in [3.63, 3.8) is 0 Å². The van der Waals surface area contributed by atoms with Crippen LogP contribution in [0.25, 0.3) is 0 Å². The predicted molar refractivity (Wildman–Crippen MR) is 96.9 cm³/mol. The van der Waals surface area contributed by atoms with E-state index in [0.717, 1.165) is 5.54 Å². The van der Waals surface area contributed by atoms with Crippen molar-refractivity contribution in [1.82, 2.24) is 0 Å². The maximum atomic E-state index is 12.8. The summed E-state index contributed by atoms with van der Waals surface area (Å²) in [6, 6.07) is 0. The van der Waals surface area contributed by atoms with Crippen molar-refractivity contribution in [3.05, 3.63) is 11.0 Å². The molecule has 0 aromatic carbocycles. The fraction of sp³-hybridized carbons (Fsp3) is 0.800. The average molecular weight is 488 g/mol. The molecule has 14 heteroatoms. The van der Waals surface area contributed by atoms with E-state index >= 15 is 0 Å². The first-order chi connectivity index (χ1) is 11.4. The van der Waals surface area contributed by atoms with Crippen LogP contribution < -0.4 is 0 Å². The van der Waals surface area contributed by atoms with Crippen LogP contribution in [0.2, 0.25) is 0 Å². The zero-order valence-corrected chi connectivity index (χ0v) is 17.9. The normalized spacial score (nSPS) is 13.3. The second-order valence-electron chi connectivity index (χ2n) is 3.57. The van der Waals surface area contributed by atoms with E-state index in [1.165, 1.54) is 0 Å². The van der Waals surface area contributed by atoms with Gasteiger partial charge in [0.25, 0.3) is 0 Å². The van der Waals surface area contributed by atoms with E-state index in [2.05, 4.69) is 0 Å². The Bertz CT molecular complexity index is 441. The molecule has 7 nitrogen and oxygen atoms in total. The van der Waals surface area contributed by atoms with Crippen molar-refractivity contribution in [2.45, 2.75) is 0 Å². The minimum atomic E-state index is -4.21. The average Bonchev–Trinajstić information content (AvgIpc) is 2.59. The Labute approximate surface area is 165 Å². The van der Waals surface area contributed by atoms with Crippen molar-refractivity contribution >= 4 is 73.4 Å². The van der Waals surface area contributed by atoms with Gasteiger partial charge in [0.1, 0.15) is 0 Å². The van der Waals surface area contributed by atoms with Crippen molar-refractivity contribution in [2.75, 3.05) is 49.9 Å². The van der Waals surface area contributed by atoms with E-state index in [4.69, 9.17) is 80.6 Å². The van der Waals surface area contributed by atoms with Crippen LogP contribution >= 0.6 is 73.4 Å². The van der Waals surface area contributed by atoms with E-state index in [1.54, 1.807) is 0 Å². The molecule has 0 atom stereocenters. The Kier molecular flexibility index (Phi) is 15.1. The van der Waals surface area contributed by atoms with Gasteiger partial charge < -0.3 is 13.6 Å². The molecule has 0 unspecified atom stereocenters. The highest BCUT2D eigenvalue weighted by Gasteiger charge is 2.40. The largest absolute Gasteiger partial charge is 0.530 e. The standard InChI is InChI=1S/C10H17Cl5O7P2/c11-1-5-18-23(16,19-6-2-12)10(9-15)22-24(17,20-7-3-13)21-8-4-14/h9H,1-8H2/b10-9+. The van der Waals surface area contributed by atoms with Gasteiger partial charge in [-0.25, -0.2) is 4.57 Å². The van der Waals surface area contributed by atoms with Gasteiger partial charge >= 0.3 is 15.4 Å². The number of alkyl halides is 4. The molecule has 144 valence electrons. The van der Waals surface area contributed by atoms with Gasteiger partial charge in [-0.15, -0.1) is 46.4 Å². The number of halogens is 5. The maximum absolute atomic E-state index is 12.8. The molecule has 0 aromatic rings. The van der Waals surface area contributed by atoms with Crippen LogP contribution in [0, 0.1) is 0 Å². The third kappa shape index (κ3) is 9.84. The first-order valence-electron chi connectivity index (χ1n) is 6.44. The predicted octanol–water partition coefficient (Wildman–Crippen LogP) is 5.36. The van der Waals surface area contributed by atoms with Crippen molar-refractivity contribution in [3.8, 4) is 0 Å². The summed E-state index contributed by atoms with van der Waals surface area (Å²) < 4.78 is 50.4. The minimum Gasteiger partial charge on any atom is -0.394 e. The highest BCUT2D eigenvalue weighted by molar-refractivity contribution is 7.59. The lowest BCUT2D eigenvalue weighted by molar-refractivity contribution is 0.143. The first-order valence-corrected chi connectivity index (χ1v) is 12.0. The second kappa shape index (κ2) is 14.4. The van der Waals surface area contributed by atoms with Gasteiger partial charge in [0.05, 0.1) is 32.0 Å². The summed E-state index contributed by atoms with van der Waals surface area (Å²) in [5, 5.41) is 0. The number of phosphoric acid groups is 1. The summed E-state index contributed by atoms with van der Waals surface area (Å²) in [6.07, 6.45) is 0. The van der Waals surface area contributed by atoms with Crippen LogP contribution in [0.15, 0.2) is 11.0 Å². The Balaban J connectivity index is 5.33. The Morgan fingerprint density at radius 3 is 1.46 bits per heavy atom. The molecule has 0 heterocycles. The van der Waals surface area contributed by atoms with Gasteiger partial charge in [0.2, 0.25) is 5.50 Å². The SMILES string of the molecule is O=P(OCCCl)(OCCCl)O/C(=C\Cl)P(=O)(OCCCl)OCCCl. The van der Waals surface area contributed by atoms with E-state index < -0.39 is 20.9 Å². The molecule has 0 radical (unpaired) electrons. The Morgan fingerprint density at radius 2 is 1.12 bits per heavy atom. The molecule has 0 saturated heterocycles. The molecule has 0 N–H and O–H groups in total. The third-order valence-corrected chi connectivity index (χ3v) is 6.23. The molecular formula is C10H17Cl5O7P2. The van der Waals surface area contributed by atoms with Crippen LogP contribution in [-0.4, -0.2) is 49.9 Å². The van der Waals surface area contributed by atoms with E-state index in [-0.39, 0.29) is 49.9 Å². The molecule has 0 rings (SSSR count). The highest BCUT2D eigenvalue weighted by Crippen LogP contribution is 2.63. The zero-order chi connectivity index (χ0) is 18.5.